The number of nitrogens with one attached hydrogen (secondary N) is 1. The standard InChI is InChI=1S/C11H12N2O/c1-8-7-13(12-9(2)14)11-6-4-3-5-10(8)11/h3-7H,1-2H3,(H,12,14). The van der Waals surface area contributed by atoms with Crippen molar-refractivity contribution >= 4 is 16.8 Å². The van der Waals surface area contributed by atoms with Crippen molar-refractivity contribution in [1.82, 2.24) is 4.68 Å². The van der Waals surface area contributed by atoms with Crippen molar-refractivity contribution in [2.24, 2.45) is 0 Å². The molecular formula is C11H12N2O. The van der Waals surface area contributed by atoms with E-state index in [1.807, 2.05) is 37.4 Å². The molecule has 0 aliphatic rings. The maximum Gasteiger partial charge on any atom is 0.235 e. The highest BCUT2D eigenvalue weighted by atomic mass is 16.2. The summed E-state index contributed by atoms with van der Waals surface area (Å²) < 4.78 is 1.76. The number of hydrogen-bond donors (Lipinski definition) is 1. The van der Waals surface area contributed by atoms with Gasteiger partial charge in [0.2, 0.25) is 5.91 Å². The molecule has 3 heteroatoms. The van der Waals surface area contributed by atoms with Crippen LogP contribution in [-0.2, 0) is 4.79 Å². The van der Waals surface area contributed by atoms with E-state index in [0.717, 1.165) is 11.1 Å². The summed E-state index contributed by atoms with van der Waals surface area (Å²) in [5.74, 6) is -0.0641. The molecule has 0 saturated heterocycles. The van der Waals surface area contributed by atoms with Gasteiger partial charge < -0.3 is 0 Å². The van der Waals surface area contributed by atoms with Crippen molar-refractivity contribution in [2.45, 2.75) is 13.8 Å². The molecule has 0 aliphatic heterocycles. The number of rotatable bonds is 1. The Kier molecular flexibility index (Phi) is 2.00. The normalized spacial score (nSPS) is 10.4. The molecule has 0 saturated carbocycles. The Labute approximate surface area is 82.3 Å². The van der Waals surface area contributed by atoms with Gasteiger partial charge in [-0.3, -0.25) is 14.9 Å². The summed E-state index contributed by atoms with van der Waals surface area (Å²) >= 11 is 0. The van der Waals surface area contributed by atoms with Gasteiger partial charge in [-0.15, -0.1) is 0 Å². The summed E-state index contributed by atoms with van der Waals surface area (Å²) in [5.41, 5.74) is 4.94. The third-order valence-electron chi connectivity index (χ3n) is 2.19. The summed E-state index contributed by atoms with van der Waals surface area (Å²) in [7, 11) is 0. The number of nitrogens with zero attached hydrogens (tertiary/aromatic N) is 1. The van der Waals surface area contributed by atoms with Crippen LogP contribution in [0.2, 0.25) is 0 Å². The number of carbonyl (C=O) groups excluding carboxylic acids is 1. The maximum absolute atomic E-state index is 10.9. The fourth-order valence-corrected chi connectivity index (χ4v) is 1.61. The van der Waals surface area contributed by atoms with E-state index in [2.05, 4.69) is 5.43 Å². The molecule has 1 aromatic carbocycles. The van der Waals surface area contributed by atoms with E-state index in [-0.39, 0.29) is 5.91 Å². The summed E-state index contributed by atoms with van der Waals surface area (Å²) in [6.45, 7) is 3.53. The molecule has 0 atom stereocenters. The molecule has 0 spiro atoms. The van der Waals surface area contributed by atoms with Gasteiger partial charge in [-0.05, 0) is 18.6 Å². The van der Waals surface area contributed by atoms with Crippen molar-refractivity contribution < 1.29 is 4.79 Å². The highest BCUT2D eigenvalue weighted by Gasteiger charge is 2.04. The van der Waals surface area contributed by atoms with Gasteiger partial charge in [0.1, 0.15) is 0 Å². The number of aryl methyl sites for hydroxylation is 1. The van der Waals surface area contributed by atoms with E-state index in [1.54, 1.807) is 4.68 Å². The number of fused-ring (bicyclic) bond motifs is 1. The predicted molar refractivity (Wildman–Crippen MR) is 56.7 cm³/mol. The Balaban J connectivity index is 2.60. The first-order valence-corrected chi connectivity index (χ1v) is 4.53. The minimum atomic E-state index is -0.0641. The highest BCUT2D eigenvalue weighted by Crippen LogP contribution is 2.18. The van der Waals surface area contributed by atoms with E-state index < -0.39 is 0 Å². The molecule has 0 fully saturated rings. The first-order chi connectivity index (χ1) is 6.68. The second-order valence-corrected chi connectivity index (χ2v) is 3.37. The Bertz CT molecular complexity index is 485. The number of aromatic nitrogens is 1. The first kappa shape index (κ1) is 8.81. The van der Waals surface area contributed by atoms with Gasteiger partial charge >= 0.3 is 0 Å². The Morgan fingerprint density at radius 1 is 1.36 bits per heavy atom. The van der Waals surface area contributed by atoms with E-state index in [1.165, 1.54) is 12.3 Å². The first-order valence-electron chi connectivity index (χ1n) is 4.53. The van der Waals surface area contributed by atoms with Crippen LogP contribution in [0.1, 0.15) is 12.5 Å². The van der Waals surface area contributed by atoms with Crippen molar-refractivity contribution in [3.63, 3.8) is 0 Å². The van der Waals surface area contributed by atoms with Gasteiger partial charge in [-0.25, -0.2) is 0 Å². The predicted octanol–water partition coefficient (Wildman–Crippen LogP) is 2.04. The van der Waals surface area contributed by atoms with Crippen molar-refractivity contribution in [2.75, 3.05) is 5.43 Å². The number of para-hydroxylation sites is 1. The molecule has 1 aromatic heterocycles. The molecule has 72 valence electrons. The molecule has 0 bridgehead atoms. The van der Waals surface area contributed by atoms with Gasteiger partial charge in [0.15, 0.2) is 0 Å². The van der Waals surface area contributed by atoms with Crippen LogP contribution in [0.15, 0.2) is 30.5 Å². The molecule has 0 radical (unpaired) electrons. The van der Waals surface area contributed by atoms with E-state index in [4.69, 9.17) is 0 Å². The highest BCUT2D eigenvalue weighted by molar-refractivity contribution is 5.88. The summed E-state index contributed by atoms with van der Waals surface area (Å²) in [6, 6.07) is 7.98. The zero-order valence-electron chi connectivity index (χ0n) is 8.24. The maximum atomic E-state index is 10.9. The zero-order valence-corrected chi connectivity index (χ0v) is 8.24. The van der Waals surface area contributed by atoms with Crippen molar-refractivity contribution in [3.8, 4) is 0 Å². The third kappa shape index (κ3) is 1.37. The van der Waals surface area contributed by atoms with Crippen molar-refractivity contribution in [3.05, 3.63) is 36.0 Å². The lowest BCUT2D eigenvalue weighted by Crippen LogP contribution is -2.18. The zero-order chi connectivity index (χ0) is 10.1. The average molecular weight is 188 g/mol. The van der Waals surface area contributed by atoms with Gasteiger partial charge in [-0.2, -0.15) is 0 Å². The number of benzene rings is 1. The van der Waals surface area contributed by atoms with Crippen LogP contribution < -0.4 is 5.43 Å². The Morgan fingerprint density at radius 2 is 2.07 bits per heavy atom. The smallest absolute Gasteiger partial charge is 0.235 e. The molecule has 1 amide bonds. The number of carbonyl (C=O) groups is 1. The molecule has 0 unspecified atom stereocenters. The second kappa shape index (κ2) is 3.18. The molecule has 1 heterocycles. The molecule has 1 N–H and O–H groups in total. The van der Waals surface area contributed by atoms with Crippen LogP contribution in [-0.4, -0.2) is 10.6 Å². The summed E-state index contributed by atoms with van der Waals surface area (Å²) in [6.07, 6.45) is 1.92. The van der Waals surface area contributed by atoms with Crippen molar-refractivity contribution in [1.29, 1.82) is 0 Å². The fourth-order valence-electron chi connectivity index (χ4n) is 1.61. The fraction of sp³-hybridized carbons (Fsp3) is 0.182. The minimum Gasteiger partial charge on any atom is -0.274 e. The lowest BCUT2D eigenvalue weighted by atomic mass is 10.2. The second-order valence-electron chi connectivity index (χ2n) is 3.37. The van der Waals surface area contributed by atoms with Gasteiger partial charge in [0, 0.05) is 18.5 Å². The van der Waals surface area contributed by atoms with Gasteiger partial charge in [0.25, 0.3) is 0 Å². The lowest BCUT2D eigenvalue weighted by Gasteiger charge is -2.03. The molecule has 2 rings (SSSR count). The summed E-state index contributed by atoms with van der Waals surface area (Å²) in [5, 5.41) is 1.17. The van der Waals surface area contributed by atoms with Crippen LogP contribution in [0, 0.1) is 6.92 Å². The monoisotopic (exact) mass is 188 g/mol. The third-order valence-corrected chi connectivity index (χ3v) is 2.19. The van der Waals surface area contributed by atoms with Crippen LogP contribution in [0.5, 0.6) is 0 Å². The summed E-state index contributed by atoms with van der Waals surface area (Å²) in [4.78, 5) is 10.9. The molecule has 2 aromatic rings. The van der Waals surface area contributed by atoms with Gasteiger partial charge in [0.05, 0.1) is 5.52 Å². The Morgan fingerprint density at radius 3 is 2.79 bits per heavy atom. The minimum absolute atomic E-state index is 0.0641. The largest absolute Gasteiger partial charge is 0.274 e. The molecule has 14 heavy (non-hydrogen) atoms. The number of amides is 1. The van der Waals surface area contributed by atoms with Crippen LogP contribution in [0.3, 0.4) is 0 Å². The quantitative estimate of drug-likeness (QED) is 0.730. The average Bonchev–Trinajstić information content (AvgIpc) is 2.44. The van der Waals surface area contributed by atoms with Crippen LogP contribution in [0.4, 0.5) is 0 Å². The Hall–Kier alpha value is -1.77. The van der Waals surface area contributed by atoms with E-state index in [0.29, 0.717) is 0 Å². The van der Waals surface area contributed by atoms with Gasteiger partial charge in [-0.1, -0.05) is 18.2 Å². The number of hydrogen-bond acceptors (Lipinski definition) is 1. The van der Waals surface area contributed by atoms with Crippen LogP contribution in [0.25, 0.3) is 10.9 Å². The van der Waals surface area contributed by atoms with E-state index in [9.17, 15) is 4.79 Å². The molecule has 3 nitrogen and oxygen atoms in total. The lowest BCUT2D eigenvalue weighted by molar-refractivity contribution is -0.115. The SMILES string of the molecule is CC(=O)Nn1cc(C)c2ccccc21. The topological polar surface area (TPSA) is 34.0 Å². The molecular weight excluding hydrogens is 176 g/mol. The van der Waals surface area contributed by atoms with Crippen LogP contribution >= 0.6 is 0 Å². The van der Waals surface area contributed by atoms with E-state index >= 15 is 0 Å². The molecule has 0 aliphatic carbocycles.